The number of amides is 1. The van der Waals surface area contributed by atoms with Crippen LogP contribution >= 0.6 is 0 Å². The van der Waals surface area contributed by atoms with Crippen LogP contribution in [0.4, 0.5) is 0 Å². The molecule has 2 fully saturated rings. The van der Waals surface area contributed by atoms with E-state index in [0.29, 0.717) is 12.5 Å². The Labute approximate surface area is 115 Å². The Bertz CT molecular complexity index is 300. The van der Waals surface area contributed by atoms with Crippen LogP contribution in [0.25, 0.3) is 0 Å². The maximum absolute atomic E-state index is 12.4. The van der Waals surface area contributed by atoms with Crippen LogP contribution in [-0.4, -0.2) is 72.2 Å². The van der Waals surface area contributed by atoms with E-state index < -0.39 is 5.60 Å². The fourth-order valence-electron chi connectivity index (χ4n) is 3.00. The summed E-state index contributed by atoms with van der Waals surface area (Å²) in [6.07, 6.45) is 1.95. The average Bonchev–Trinajstić information content (AvgIpc) is 2.38. The Morgan fingerprint density at radius 1 is 1.21 bits per heavy atom. The maximum atomic E-state index is 12.4. The van der Waals surface area contributed by atoms with Crippen molar-refractivity contribution in [2.24, 2.45) is 5.92 Å². The van der Waals surface area contributed by atoms with E-state index in [9.17, 15) is 9.90 Å². The van der Waals surface area contributed by atoms with Crippen molar-refractivity contribution in [3.05, 3.63) is 0 Å². The molecule has 0 unspecified atom stereocenters. The van der Waals surface area contributed by atoms with Crippen molar-refractivity contribution in [1.29, 1.82) is 0 Å². The lowest BCUT2D eigenvalue weighted by molar-refractivity contribution is -0.138. The van der Waals surface area contributed by atoms with Crippen LogP contribution in [0.2, 0.25) is 0 Å². The molecule has 0 radical (unpaired) electrons. The first-order valence-electron chi connectivity index (χ1n) is 7.40. The van der Waals surface area contributed by atoms with Crippen molar-refractivity contribution >= 4 is 5.91 Å². The van der Waals surface area contributed by atoms with E-state index in [1.54, 1.807) is 0 Å². The second-order valence-corrected chi connectivity index (χ2v) is 6.44. The van der Waals surface area contributed by atoms with Crippen molar-refractivity contribution < 1.29 is 9.90 Å². The molecular weight excluding hydrogens is 242 g/mol. The molecule has 110 valence electrons. The topological polar surface area (TPSA) is 55.8 Å². The minimum Gasteiger partial charge on any atom is -0.389 e. The predicted octanol–water partition coefficient (Wildman–Crippen LogP) is -0.0989. The van der Waals surface area contributed by atoms with Crippen LogP contribution in [0.5, 0.6) is 0 Å². The SMILES string of the molecule is CC(C)(O)CN1CCN(C(=O)C2CCNCC2)CC1. The van der Waals surface area contributed by atoms with Gasteiger partial charge < -0.3 is 15.3 Å². The van der Waals surface area contributed by atoms with E-state index in [4.69, 9.17) is 0 Å². The first kappa shape index (κ1) is 14.8. The zero-order chi connectivity index (χ0) is 13.9. The smallest absolute Gasteiger partial charge is 0.225 e. The first-order valence-corrected chi connectivity index (χ1v) is 7.40. The van der Waals surface area contributed by atoms with Gasteiger partial charge in [-0.25, -0.2) is 0 Å². The molecule has 2 saturated heterocycles. The Morgan fingerprint density at radius 3 is 2.32 bits per heavy atom. The summed E-state index contributed by atoms with van der Waals surface area (Å²) in [7, 11) is 0. The summed E-state index contributed by atoms with van der Waals surface area (Å²) in [5.74, 6) is 0.562. The summed E-state index contributed by atoms with van der Waals surface area (Å²) in [6.45, 7) is 9.64. The van der Waals surface area contributed by atoms with Crippen LogP contribution < -0.4 is 5.32 Å². The Morgan fingerprint density at radius 2 is 1.79 bits per heavy atom. The molecule has 0 aromatic heterocycles. The lowest BCUT2D eigenvalue weighted by atomic mass is 9.96. The van der Waals surface area contributed by atoms with Gasteiger partial charge in [-0.3, -0.25) is 9.69 Å². The highest BCUT2D eigenvalue weighted by Crippen LogP contribution is 2.17. The first-order chi connectivity index (χ1) is 8.96. The number of aliphatic hydroxyl groups is 1. The van der Waals surface area contributed by atoms with Gasteiger partial charge in [-0.15, -0.1) is 0 Å². The van der Waals surface area contributed by atoms with Crippen LogP contribution in [-0.2, 0) is 4.79 Å². The Balaban J connectivity index is 1.77. The minimum atomic E-state index is -0.652. The fraction of sp³-hybridized carbons (Fsp3) is 0.929. The van der Waals surface area contributed by atoms with Gasteiger partial charge in [0.05, 0.1) is 5.60 Å². The molecule has 0 aromatic rings. The van der Waals surface area contributed by atoms with Crippen molar-refractivity contribution in [2.75, 3.05) is 45.8 Å². The van der Waals surface area contributed by atoms with Gasteiger partial charge in [0.2, 0.25) is 5.91 Å². The van der Waals surface area contributed by atoms with Gasteiger partial charge >= 0.3 is 0 Å². The molecule has 0 bridgehead atoms. The molecule has 19 heavy (non-hydrogen) atoms. The number of hydrogen-bond acceptors (Lipinski definition) is 4. The second-order valence-electron chi connectivity index (χ2n) is 6.44. The molecule has 1 amide bonds. The van der Waals surface area contributed by atoms with Gasteiger partial charge in [0.1, 0.15) is 0 Å². The quantitative estimate of drug-likeness (QED) is 0.751. The minimum absolute atomic E-state index is 0.224. The molecule has 0 saturated carbocycles. The average molecular weight is 269 g/mol. The van der Waals surface area contributed by atoms with Crippen molar-refractivity contribution in [2.45, 2.75) is 32.3 Å². The summed E-state index contributed by atoms with van der Waals surface area (Å²) < 4.78 is 0. The number of β-amino-alcohol motifs (C(OH)–C–C–N with tert-alkyl or cyclic N) is 1. The highest BCUT2D eigenvalue weighted by atomic mass is 16.3. The fourth-order valence-corrected chi connectivity index (χ4v) is 3.00. The normalized spacial score (nSPS) is 23.6. The summed E-state index contributed by atoms with van der Waals surface area (Å²) >= 11 is 0. The van der Waals surface area contributed by atoms with E-state index in [0.717, 1.165) is 52.1 Å². The zero-order valence-corrected chi connectivity index (χ0v) is 12.2. The van der Waals surface area contributed by atoms with Crippen LogP contribution in [0, 0.1) is 5.92 Å². The second kappa shape index (κ2) is 6.20. The van der Waals surface area contributed by atoms with Gasteiger partial charge in [-0.2, -0.15) is 0 Å². The highest BCUT2D eigenvalue weighted by Gasteiger charge is 2.29. The van der Waals surface area contributed by atoms with Crippen molar-refractivity contribution in [3.63, 3.8) is 0 Å². The lowest BCUT2D eigenvalue weighted by Crippen LogP contribution is -2.53. The van der Waals surface area contributed by atoms with Gasteiger partial charge in [-0.05, 0) is 39.8 Å². The number of carbonyl (C=O) groups is 1. The van der Waals surface area contributed by atoms with Gasteiger partial charge in [0.15, 0.2) is 0 Å². The van der Waals surface area contributed by atoms with Crippen LogP contribution in [0.3, 0.4) is 0 Å². The summed E-state index contributed by atoms with van der Waals surface area (Å²) in [6, 6.07) is 0. The Kier molecular flexibility index (Phi) is 4.81. The van der Waals surface area contributed by atoms with Crippen LogP contribution in [0.1, 0.15) is 26.7 Å². The molecule has 2 rings (SSSR count). The maximum Gasteiger partial charge on any atom is 0.225 e. The third kappa shape index (κ3) is 4.44. The number of piperazine rings is 1. The zero-order valence-electron chi connectivity index (χ0n) is 12.2. The summed E-state index contributed by atoms with van der Waals surface area (Å²) in [5.41, 5.74) is -0.652. The van der Waals surface area contributed by atoms with E-state index in [1.165, 1.54) is 0 Å². The molecule has 2 heterocycles. The summed E-state index contributed by atoms with van der Waals surface area (Å²) in [4.78, 5) is 16.6. The van der Waals surface area contributed by atoms with Gasteiger partial charge in [0, 0.05) is 38.6 Å². The predicted molar refractivity (Wildman–Crippen MR) is 74.9 cm³/mol. The molecule has 0 aromatic carbocycles. The standard InChI is InChI=1S/C14H27N3O2/c1-14(2,19)11-16-7-9-17(10-8-16)13(18)12-3-5-15-6-4-12/h12,15,19H,3-11H2,1-2H3. The van der Waals surface area contributed by atoms with Crippen LogP contribution in [0.15, 0.2) is 0 Å². The molecule has 2 aliphatic rings. The van der Waals surface area contributed by atoms with Crippen molar-refractivity contribution in [1.82, 2.24) is 15.1 Å². The molecule has 0 atom stereocenters. The van der Waals surface area contributed by atoms with Gasteiger partial charge in [-0.1, -0.05) is 0 Å². The molecular formula is C14H27N3O2. The number of carbonyl (C=O) groups excluding carboxylic acids is 1. The number of hydrogen-bond donors (Lipinski definition) is 2. The number of nitrogens with one attached hydrogen (secondary N) is 1. The van der Waals surface area contributed by atoms with E-state index >= 15 is 0 Å². The van der Waals surface area contributed by atoms with E-state index in [-0.39, 0.29) is 5.92 Å². The van der Waals surface area contributed by atoms with E-state index in [1.807, 2.05) is 18.7 Å². The third-order valence-electron chi connectivity index (χ3n) is 3.98. The van der Waals surface area contributed by atoms with E-state index in [2.05, 4.69) is 10.2 Å². The molecule has 2 N–H and O–H groups in total. The molecule has 5 nitrogen and oxygen atoms in total. The van der Waals surface area contributed by atoms with Gasteiger partial charge in [0.25, 0.3) is 0 Å². The largest absolute Gasteiger partial charge is 0.389 e. The lowest BCUT2D eigenvalue weighted by Gasteiger charge is -2.39. The summed E-state index contributed by atoms with van der Waals surface area (Å²) in [5, 5.41) is 13.1. The number of piperidine rings is 1. The Hall–Kier alpha value is -0.650. The molecule has 2 aliphatic heterocycles. The monoisotopic (exact) mass is 269 g/mol. The molecule has 5 heteroatoms. The molecule has 0 spiro atoms. The number of nitrogens with zero attached hydrogens (tertiary/aromatic N) is 2. The highest BCUT2D eigenvalue weighted by molar-refractivity contribution is 5.79. The third-order valence-corrected chi connectivity index (χ3v) is 3.98. The number of rotatable bonds is 3. The van der Waals surface area contributed by atoms with Crippen molar-refractivity contribution in [3.8, 4) is 0 Å². The molecule has 0 aliphatic carbocycles.